The van der Waals surface area contributed by atoms with E-state index in [1.165, 1.54) is 38.5 Å². The minimum atomic E-state index is -0.163. The summed E-state index contributed by atoms with van der Waals surface area (Å²) in [6.07, 6.45) is 10.1. The Labute approximate surface area is 128 Å². The first-order valence-corrected chi connectivity index (χ1v) is 8.40. The first kappa shape index (κ1) is 17.5. The van der Waals surface area contributed by atoms with Crippen molar-refractivity contribution in [2.45, 2.75) is 77.5 Å². The molecule has 0 fully saturated rings. The van der Waals surface area contributed by atoms with Crippen molar-refractivity contribution in [3.8, 4) is 0 Å². The maximum atomic E-state index is 13.3. The van der Waals surface area contributed by atoms with Gasteiger partial charge < -0.3 is 0 Å². The predicted molar refractivity (Wildman–Crippen MR) is 87.1 cm³/mol. The van der Waals surface area contributed by atoms with Gasteiger partial charge in [-0.25, -0.2) is 4.39 Å². The molecule has 0 bridgehead atoms. The highest BCUT2D eigenvalue weighted by molar-refractivity contribution is 6.21. The summed E-state index contributed by atoms with van der Waals surface area (Å²) in [4.78, 5) is 0. The van der Waals surface area contributed by atoms with E-state index in [1.807, 2.05) is 13.8 Å². The third kappa shape index (κ3) is 5.83. The minimum absolute atomic E-state index is 0.0197. The van der Waals surface area contributed by atoms with Crippen LogP contribution in [0.5, 0.6) is 0 Å². The Hall–Kier alpha value is -0.560. The van der Waals surface area contributed by atoms with Crippen molar-refractivity contribution in [3.63, 3.8) is 0 Å². The van der Waals surface area contributed by atoms with E-state index in [0.29, 0.717) is 0 Å². The van der Waals surface area contributed by atoms with Gasteiger partial charge in [-0.05, 0) is 49.1 Å². The summed E-state index contributed by atoms with van der Waals surface area (Å²) in [5.41, 5.74) is 3.08. The van der Waals surface area contributed by atoms with E-state index in [1.54, 1.807) is 12.1 Å². The molecule has 114 valence electrons. The molecular formula is C18H28ClF. The van der Waals surface area contributed by atoms with E-state index >= 15 is 0 Å². The molecular weight excluding hydrogens is 271 g/mol. The van der Waals surface area contributed by atoms with Crippen LogP contribution in [0.25, 0.3) is 0 Å². The highest BCUT2D eigenvalue weighted by Crippen LogP contribution is 2.32. The van der Waals surface area contributed by atoms with Crippen LogP contribution in [0.1, 0.15) is 80.4 Å². The van der Waals surface area contributed by atoms with Gasteiger partial charge in [-0.1, -0.05) is 51.9 Å². The number of alkyl halides is 1. The highest BCUT2D eigenvalue weighted by Gasteiger charge is 2.14. The maximum Gasteiger partial charge on any atom is 0.123 e. The first-order valence-electron chi connectivity index (χ1n) is 7.97. The van der Waals surface area contributed by atoms with Gasteiger partial charge in [-0.15, -0.1) is 11.6 Å². The molecule has 2 heteroatoms. The Morgan fingerprint density at radius 2 is 1.45 bits per heavy atom. The van der Waals surface area contributed by atoms with Crippen LogP contribution in [0.4, 0.5) is 4.39 Å². The van der Waals surface area contributed by atoms with E-state index in [-0.39, 0.29) is 11.2 Å². The van der Waals surface area contributed by atoms with Crippen LogP contribution in [0, 0.1) is 19.7 Å². The van der Waals surface area contributed by atoms with Crippen molar-refractivity contribution in [2.24, 2.45) is 0 Å². The predicted octanol–water partition coefficient (Wildman–Crippen LogP) is 6.86. The summed E-state index contributed by atoms with van der Waals surface area (Å²) >= 11 is 6.51. The van der Waals surface area contributed by atoms with Crippen LogP contribution < -0.4 is 0 Å². The van der Waals surface area contributed by atoms with Gasteiger partial charge in [-0.3, -0.25) is 0 Å². The summed E-state index contributed by atoms with van der Waals surface area (Å²) in [7, 11) is 0. The van der Waals surface area contributed by atoms with Crippen molar-refractivity contribution >= 4 is 11.6 Å². The SMILES string of the molecule is CCCCCCCCCC(Cl)c1c(C)cc(F)cc1C. The topological polar surface area (TPSA) is 0 Å². The van der Waals surface area contributed by atoms with Crippen LogP contribution in [-0.2, 0) is 0 Å². The largest absolute Gasteiger partial charge is 0.207 e. The number of unbranched alkanes of at least 4 members (excludes halogenated alkanes) is 6. The van der Waals surface area contributed by atoms with Gasteiger partial charge in [0, 0.05) is 0 Å². The zero-order valence-corrected chi connectivity index (χ0v) is 13.9. The summed E-state index contributed by atoms with van der Waals surface area (Å²) < 4.78 is 13.3. The Kier molecular flexibility index (Phi) is 8.21. The van der Waals surface area contributed by atoms with Crippen molar-refractivity contribution in [1.29, 1.82) is 0 Å². The summed E-state index contributed by atoms with van der Waals surface area (Å²) in [6.45, 7) is 6.14. The molecule has 1 atom stereocenters. The molecule has 0 aliphatic heterocycles. The van der Waals surface area contributed by atoms with Gasteiger partial charge in [-0.2, -0.15) is 0 Å². The van der Waals surface area contributed by atoms with Gasteiger partial charge in [0.15, 0.2) is 0 Å². The molecule has 20 heavy (non-hydrogen) atoms. The second kappa shape index (κ2) is 9.39. The molecule has 1 aromatic rings. The molecule has 0 nitrogen and oxygen atoms in total. The molecule has 1 rings (SSSR count). The monoisotopic (exact) mass is 298 g/mol. The molecule has 0 aromatic heterocycles. The average Bonchev–Trinajstić information content (AvgIpc) is 2.36. The fourth-order valence-electron chi connectivity index (χ4n) is 2.84. The second-order valence-corrected chi connectivity index (χ2v) is 6.36. The van der Waals surface area contributed by atoms with Gasteiger partial charge in [0.25, 0.3) is 0 Å². The lowest BCUT2D eigenvalue weighted by molar-refractivity contribution is 0.570. The summed E-state index contributed by atoms with van der Waals surface area (Å²) in [6, 6.07) is 3.17. The Bertz CT molecular complexity index is 377. The quantitative estimate of drug-likeness (QED) is 0.345. The van der Waals surface area contributed by atoms with E-state index in [2.05, 4.69) is 6.92 Å². The Balaban J connectivity index is 2.34. The van der Waals surface area contributed by atoms with Gasteiger partial charge >= 0.3 is 0 Å². The number of rotatable bonds is 9. The normalized spacial score (nSPS) is 12.7. The lowest BCUT2D eigenvalue weighted by Crippen LogP contribution is -1.99. The molecule has 1 unspecified atom stereocenters. The van der Waals surface area contributed by atoms with Crippen LogP contribution in [-0.4, -0.2) is 0 Å². The van der Waals surface area contributed by atoms with E-state index < -0.39 is 0 Å². The third-order valence-corrected chi connectivity index (χ3v) is 4.37. The fourth-order valence-corrected chi connectivity index (χ4v) is 3.34. The number of hydrogen-bond acceptors (Lipinski definition) is 0. The van der Waals surface area contributed by atoms with E-state index in [0.717, 1.165) is 29.5 Å². The fraction of sp³-hybridized carbons (Fsp3) is 0.667. The van der Waals surface area contributed by atoms with Crippen molar-refractivity contribution in [1.82, 2.24) is 0 Å². The Morgan fingerprint density at radius 1 is 0.950 bits per heavy atom. The number of aryl methyl sites for hydroxylation is 2. The van der Waals surface area contributed by atoms with Gasteiger partial charge in [0.2, 0.25) is 0 Å². The molecule has 0 saturated heterocycles. The van der Waals surface area contributed by atoms with E-state index in [9.17, 15) is 4.39 Å². The molecule has 0 amide bonds. The summed E-state index contributed by atoms with van der Waals surface area (Å²) in [5, 5.41) is 0.0197. The lowest BCUT2D eigenvalue weighted by atomic mass is 9.96. The average molecular weight is 299 g/mol. The highest BCUT2D eigenvalue weighted by atomic mass is 35.5. The molecule has 0 N–H and O–H groups in total. The molecule has 0 aliphatic rings. The standard InChI is InChI=1S/C18H28ClF/c1-4-5-6-7-8-9-10-11-17(19)18-14(2)12-16(20)13-15(18)3/h12-13,17H,4-11H2,1-3H3. The Morgan fingerprint density at radius 3 is 2.00 bits per heavy atom. The van der Waals surface area contributed by atoms with Gasteiger partial charge in [0.05, 0.1) is 5.38 Å². The maximum absolute atomic E-state index is 13.3. The number of halogens is 2. The second-order valence-electron chi connectivity index (χ2n) is 5.83. The molecule has 0 spiro atoms. The zero-order valence-electron chi connectivity index (χ0n) is 13.1. The van der Waals surface area contributed by atoms with Crippen LogP contribution in [0.2, 0.25) is 0 Å². The molecule has 0 radical (unpaired) electrons. The number of benzene rings is 1. The summed E-state index contributed by atoms with van der Waals surface area (Å²) in [5.74, 6) is -0.163. The minimum Gasteiger partial charge on any atom is -0.207 e. The first-order chi connectivity index (χ1) is 9.56. The van der Waals surface area contributed by atoms with Gasteiger partial charge in [0.1, 0.15) is 5.82 Å². The third-order valence-electron chi connectivity index (χ3n) is 3.93. The molecule has 0 aliphatic carbocycles. The van der Waals surface area contributed by atoms with Crippen molar-refractivity contribution in [3.05, 3.63) is 34.6 Å². The van der Waals surface area contributed by atoms with Crippen LogP contribution >= 0.6 is 11.6 Å². The smallest absolute Gasteiger partial charge is 0.123 e. The lowest BCUT2D eigenvalue weighted by Gasteiger charge is -2.16. The van der Waals surface area contributed by atoms with Crippen LogP contribution in [0.15, 0.2) is 12.1 Å². The van der Waals surface area contributed by atoms with Crippen molar-refractivity contribution < 1.29 is 4.39 Å². The number of hydrogen-bond donors (Lipinski definition) is 0. The van der Waals surface area contributed by atoms with Crippen molar-refractivity contribution in [2.75, 3.05) is 0 Å². The molecule has 0 saturated carbocycles. The van der Waals surface area contributed by atoms with E-state index in [4.69, 9.17) is 11.6 Å². The zero-order chi connectivity index (χ0) is 15.0. The molecule has 0 heterocycles. The molecule has 1 aromatic carbocycles. The van der Waals surface area contributed by atoms with Crippen LogP contribution in [0.3, 0.4) is 0 Å².